The summed E-state index contributed by atoms with van der Waals surface area (Å²) in [5, 5.41) is -0.0845. The van der Waals surface area contributed by atoms with Crippen LogP contribution in [0.25, 0.3) is 0 Å². The number of benzene rings is 1. The summed E-state index contributed by atoms with van der Waals surface area (Å²) < 4.78 is 33.2. The molecule has 0 unspecified atom stereocenters. The molecule has 0 atom stereocenters. The van der Waals surface area contributed by atoms with Crippen molar-refractivity contribution >= 4 is 29.2 Å². The van der Waals surface area contributed by atoms with Crippen LogP contribution in [-0.2, 0) is 16.0 Å². The van der Waals surface area contributed by atoms with Crippen LogP contribution in [-0.4, -0.2) is 19.2 Å². The van der Waals surface area contributed by atoms with E-state index in [2.05, 4.69) is 4.74 Å². The van der Waals surface area contributed by atoms with Crippen LogP contribution < -0.4 is 4.74 Å². The molecule has 1 aromatic rings. The molecule has 0 aliphatic carbocycles. The van der Waals surface area contributed by atoms with Crippen molar-refractivity contribution in [3.8, 4) is 5.75 Å². The van der Waals surface area contributed by atoms with Crippen molar-refractivity contribution in [2.45, 2.75) is 20.0 Å². The number of alkyl halides is 2. The second-order valence-electron chi connectivity index (χ2n) is 3.25. The average molecular weight is 299 g/mol. The first-order chi connectivity index (χ1) is 8.43. The van der Waals surface area contributed by atoms with E-state index < -0.39 is 12.6 Å². The first kappa shape index (κ1) is 15.0. The monoisotopic (exact) mass is 298 g/mol. The van der Waals surface area contributed by atoms with E-state index in [-0.39, 0.29) is 28.8 Å². The van der Waals surface area contributed by atoms with Gasteiger partial charge in [-0.2, -0.15) is 8.78 Å². The first-order valence-corrected chi connectivity index (χ1v) is 5.78. The van der Waals surface area contributed by atoms with E-state index in [4.69, 9.17) is 27.9 Å². The Morgan fingerprint density at radius 1 is 1.39 bits per heavy atom. The lowest BCUT2D eigenvalue weighted by atomic mass is 10.1. The predicted molar refractivity (Wildman–Crippen MR) is 63.4 cm³/mol. The Hall–Kier alpha value is -1.07. The normalized spacial score (nSPS) is 10.6. The molecule has 0 radical (unpaired) electrons. The zero-order chi connectivity index (χ0) is 13.7. The van der Waals surface area contributed by atoms with Crippen LogP contribution in [0.2, 0.25) is 10.0 Å². The van der Waals surface area contributed by atoms with Gasteiger partial charge in [-0.05, 0) is 24.6 Å². The molecule has 0 spiro atoms. The lowest BCUT2D eigenvalue weighted by molar-refractivity contribution is -0.142. The Bertz CT molecular complexity index is 439. The molecule has 0 fully saturated rings. The zero-order valence-corrected chi connectivity index (χ0v) is 10.9. The fourth-order valence-electron chi connectivity index (χ4n) is 1.28. The summed E-state index contributed by atoms with van der Waals surface area (Å²) in [4.78, 5) is 11.3. The molecule has 0 aromatic heterocycles. The van der Waals surface area contributed by atoms with E-state index in [1.165, 1.54) is 12.1 Å². The third kappa shape index (κ3) is 4.31. The van der Waals surface area contributed by atoms with Crippen LogP contribution in [0.5, 0.6) is 5.75 Å². The van der Waals surface area contributed by atoms with Crippen molar-refractivity contribution in [1.29, 1.82) is 0 Å². The topological polar surface area (TPSA) is 35.5 Å². The highest BCUT2D eigenvalue weighted by molar-refractivity contribution is 6.43. The molecular weight excluding hydrogens is 289 g/mol. The minimum Gasteiger partial charge on any atom is -0.466 e. The number of carbonyl (C=O) groups excluding carboxylic acids is 1. The maximum Gasteiger partial charge on any atom is 0.387 e. The van der Waals surface area contributed by atoms with E-state index >= 15 is 0 Å². The third-order valence-electron chi connectivity index (χ3n) is 1.92. The van der Waals surface area contributed by atoms with Crippen molar-refractivity contribution in [1.82, 2.24) is 0 Å². The maximum absolute atomic E-state index is 12.1. The van der Waals surface area contributed by atoms with Gasteiger partial charge in [0.05, 0.1) is 18.1 Å². The molecule has 0 N–H and O–H groups in total. The van der Waals surface area contributed by atoms with Gasteiger partial charge in [0.15, 0.2) is 0 Å². The van der Waals surface area contributed by atoms with Crippen molar-refractivity contribution in [3.05, 3.63) is 27.7 Å². The zero-order valence-electron chi connectivity index (χ0n) is 9.38. The quantitative estimate of drug-likeness (QED) is 0.778. The van der Waals surface area contributed by atoms with Gasteiger partial charge in [0.2, 0.25) is 0 Å². The van der Waals surface area contributed by atoms with Crippen molar-refractivity contribution in [3.63, 3.8) is 0 Å². The molecule has 18 heavy (non-hydrogen) atoms. The Kier molecular flexibility index (Phi) is 5.62. The molecule has 3 nitrogen and oxygen atoms in total. The highest BCUT2D eigenvalue weighted by Gasteiger charge is 2.15. The lowest BCUT2D eigenvalue weighted by Gasteiger charge is -2.10. The van der Waals surface area contributed by atoms with Crippen LogP contribution in [0.4, 0.5) is 8.78 Å². The number of halogens is 4. The lowest BCUT2D eigenvalue weighted by Crippen LogP contribution is -2.08. The summed E-state index contributed by atoms with van der Waals surface area (Å²) in [5.74, 6) is -0.752. The first-order valence-electron chi connectivity index (χ1n) is 5.02. The SMILES string of the molecule is CCOC(=O)Cc1cc(Cl)c(Cl)c(OC(F)F)c1. The molecule has 0 amide bonds. The van der Waals surface area contributed by atoms with Crippen molar-refractivity contribution in [2.24, 2.45) is 0 Å². The van der Waals surface area contributed by atoms with Gasteiger partial charge < -0.3 is 9.47 Å². The number of hydrogen-bond acceptors (Lipinski definition) is 3. The van der Waals surface area contributed by atoms with Crippen LogP contribution in [0, 0.1) is 0 Å². The smallest absolute Gasteiger partial charge is 0.387 e. The molecule has 0 saturated carbocycles. The van der Waals surface area contributed by atoms with Gasteiger partial charge in [-0.25, -0.2) is 0 Å². The molecule has 1 rings (SSSR count). The maximum atomic E-state index is 12.1. The van der Waals surface area contributed by atoms with Gasteiger partial charge in [-0.1, -0.05) is 23.2 Å². The second kappa shape index (κ2) is 6.75. The number of rotatable bonds is 5. The summed E-state index contributed by atoms with van der Waals surface area (Å²) in [6.07, 6.45) is -0.0929. The van der Waals surface area contributed by atoms with Crippen molar-refractivity contribution < 1.29 is 23.0 Å². The third-order valence-corrected chi connectivity index (χ3v) is 2.71. The number of carbonyl (C=O) groups is 1. The molecule has 0 bridgehead atoms. The average Bonchev–Trinajstić information content (AvgIpc) is 2.24. The Morgan fingerprint density at radius 3 is 2.61 bits per heavy atom. The van der Waals surface area contributed by atoms with Crippen molar-refractivity contribution in [2.75, 3.05) is 6.61 Å². The molecule has 100 valence electrons. The van der Waals surface area contributed by atoms with E-state index in [0.29, 0.717) is 5.56 Å². The van der Waals surface area contributed by atoms with E-state index in [1.54, 1.807) is 6.92 Å². The fraction of sp³-hybridized carbons (Fsp3) is 0.364. The molecule has 0 aliphatic heterocycles. The Labute approximate surface area is 113 Å². The van der Waals surface area contributed by atoms with Crippen LogP contribution in [0.15, 0.2) is 12.1 Å². The summed E-state index contributed by atoms with van der Waals surface area (Å²) in [7, 11) is 0. The molecule has 7 heteroatoms. The van der Waals surface area contributed by atoms with Gasteiger partial charge in [-0.3, -0.25) is 4.79 Å². The van der Waals surface area contributed by atoms with Gasteiger partial charge in [0, 0.05) is 0 Å². The minimum atomic E-state index is -3.02. The van der Waals surface area contributed by atoms with Crippen LogP contribution in [0.1, 0.15) is 12.5 Å². The summed E-state index contributed by atoms with van der Waals surface area (Å²) >= 11 is 11.5. The fourth-order valence-corrected chi connectivity index (χ4v) is 1.67. The minimum absolute atomic E-state index is 0.0362. The second-order valence-corrected chi connectivity index (χ2v) is 4.04. The number of ether oxygens (including phenoxy) is 2. The predicted octanol–water partition coefficient (Wildman–Crippen LogP) is 3.70. The van der Waals surface area contributed by atoms with E-state index in [0.717, 1.165) is 0 Å². The summed E-state index contributed by atoms with van der Waals surface area (Å²) in [5.41, 5.74) is 0.388. The van der Waals surface area contributed by atoms with Crippen LogP contribution in [0.3, 0.4) is 0 Å². The highest BCUT2D eigenvalue weighted by Crippen LogP contribution is 2.34. The number of esters is 1. The van der Waals surface area contributed by atoms with E-state index in [9.17, 15) is 13.6 Å². The van der Waals surface area contributed by atoms with E-state index in [1.807, 2.05) is 0 Å². The van der Waals surface area contributed by atoms with Gasteiger partial charge >= 0.3 is 12.6 Å². The summed E-state index contributed by atoms with van der Waals surface area (Å²) in [6, 6.07) is 2.64. The van der Waals surface area contributed by atoms with Crippen LogP contribution >= 0.6 is 23.2 Å². The molecule has 0 aliphatic rings. The molecular formula is C11H10Cl2F2O3. The van der Waals surface area contributed by atoms with Gasteiger partial charge in [0.25, 0.3) is 0 Å². The summed E-state index contributed by atoms with van der Waals surface area (Å²) in [6.45, 7) is -1.12. The van der Waals surface area contributed by atoms with Gasteiger partial charge in [-0.15, -0.1) is 0 Å². The Balaban J connectivity index is 2.93. The Morgan fingerprint density at radius 2 is 2.06 bits per heavy atom. The molecule has 1 aromatic carbocycles. The van der Waals surface area contributed by atoms with Gasteiger partial charge in [0.1, 0.15) is 10.8 Å². The molecule has 0 heterocycles. The highest BCUT2D eigenvalue weighted by atomic mass is 35.5. The standard InChI is InChI=1S/C11H10Cl2F2O3/c1-2-17-9(16)5-6-3-7(12)10(13)8(4-6)18-11(14)15/h3-4,11H,2,5H2,1H3. The largest absolute Gasteiger partial charge is 0.466 e. The number of hydrogen-bond donors (Lipinski definition) is 0. The molecule has 0 saturated heterocycles.